The Kier molecular flexibility index (Phi) is 33.7. The summed E-state index contributed by atoms with van der Waals surface area (Å²) in [6.45, 7) is 4.53. The van der Waals surface area contributed by atoms with Gasteiger partial charge in [0.1, 0.15) is 13.2 Å². The van der Waals surface area contributed by atoms with Crippen LogP contribution in [0.25, 0.3) is 0 Å². The van der Waals surface area contributed by atoms with Crippen molar-refractivity contribution in [3.05, 3.63) is 60.8 Å². The molecule has 0 aromatic rings. The lowest BCUT2D eigenvalue weighted by molar-refractivity contribution is -0.870. The number of unbranched alkanes of at least 4 members (excludes halogenated alkanes) is 15. The summed E-state index contributed by atoms with van der Waals surface area (Å²) in [6, 6.07) is -0.917. The molecule has 3 unspecified atom stereocenters. The number of aliphatic hydroxyl groups excluding tert-OH is 1. The lowest BCUT2D eigenvalue weighted by atomic mass is 10.1. The van der Waals surface area contributed by atoms with Crippen molar-refractivity contribution in [2.75, 3.05) is 40.9 Å². The summed E-state index contributed by atoms with van der Waals surface area (Å²) in [5.41, 5.74) is 0. The first-order chi connectivity index (χ1) is 25.0. The topological polar surface area (TPSA) is 108 Å². The van der Waals surface area contributed by atoms with Crippen LogP contribution >= 0.6 is 7.82 Å². The summed E-state index contributed by atoms with van der Waals surface area (Å²) in [4.78, 5) is 25.2. The van der Waals surface area contributed by atoms with E-state index in [1.165, 1.54) is 57.8 Å². The molecule has 8 nitrogen and oxygen atoms in total. The SMILES string of the molecule is CCCCCC/C=C\C/C=C\CCCCCCCC(=O)NC(COP(=O)([O-])OCC[N+](C)(C)C)C(O)/C=C/CC/C=C/CC/C=C/CCCCCC. The van der Waals surface area contributed by atoms with Crippen LogP contribution in [0.4, 0.5) is 0 Å². The largest absolute Gasteiger partial charge is 0.756 e. The van der Waals surface area contributed by atoms with E-state index < -0.39 is 26.6 Å². The van der Waals surface area contributed by atoms with Crippen molar-refractivity contribution in [2.45, 2.75) is 167 Å². The molecule has 0 aromatic carbocycles. The minimum atomic E-state index is -4.60. The van der Waals surface area contributed by atoms with Gasteiger partial charge in [0.2, 0.25) is 5.91 Å². The fourth-order valence-electron chi connectivity index (χ4n) is 5.33. The zero-order valence-corrected chi connectivity index (χ0v) is 34.9. The van der Waals surface area contributed by atoms with Crippen LogP contribution in [0.2, 0.25) is 0 Å². The summed E-state index contributed by atoms with van der Waals surface area (Å²) in [7, 11) is 1.21. The van der Waals surface area contributed by atoms with Gasteiger partial charge in [-0.15, -0.1) is 0 Å². The molecular formula is C43H79N2O6P. The van der Waals surface area contributed by atoms with Crippen molar-refractivity contribution in [1.29, 1.82) is 0 Å². The molecule has 0 saturated carbocycles. The van der Waals surface area contributed by atoms with Crippen LogP contribution < -0.4 is 10.2 Å². The number of aliphatic hydroxyl groups is 1. The van der Waals surface area contributed by atoms with E-state index in [1.54, 1.807) is 6.08 Å². The quantitative estimate of drug-likeness (QED) is 0.0286. The van der Waals surface area contributed by atoms with E-state index in [9.17, 15) is 19.4 Å². The maximum absolute atomic E-state index is 12.8. The Morgan fingerprint density at radius 1 is 0.673 bits per heavy atom. The van der Waals surface area contributed by atoms with Crippen LogP contribution in [-0.4, -0.2) is 68.5 Å². The molecule has 0 aliphatic heterocycles. The van der Waals surface area contributed by atoms with Crippen molar-refractivity contribution in [1.82, 2.24) is 5.32 Å². The van der Waals surface area contributed by atoms with Crippen LogP contribution in [0.15, 0.2) is 60.8 Å². The summed E-state index contributed by atoms with van der Waals surface area (Å²) in [6.07, 6.45) is 44.0. The molecule has 0 heterocycles. The van der Waals surface area contributed by atoms with Gasteiger partial charge in [0.15, 0.2) is 0 Å². The summed E-state index contributed by atoms with van der Waals surface area (Å²) in [5.74, 6) is -0.230. The third-order valence-corrected chi connectivity index (χ3v) is 9.64. The number of rotatable bonds is 36. The second-order valence-corrected chi connectivity index (χ2v) is 16.4. The van der Waals surface area contributed by atoms with E-state index >= 15 is 0 Å². The lowest BCUT2D eigenvalue weighted by Gasteiger charge is -2.29. The van der Waals surface area contributed by atoms with Crippen molar-refractivity contribution in [3.63, 3.8) is 0 Å². The van der Waals surface area contributed by atoms with Gasteiger partial charge in [0.05, 0.1) is 39.9 Å². The number of carbonyl (C=O) groups excluding carboxylic acids is 1. The number of hydrogen-bond donors (Lipinski definition) is 2. The number of amides is 1. The van der Waals surface area contributed by atoms with Gasteiger partial charge in [-0.05, 0) is 77.0 Å². The monoisotopic (exact) mass is 751 g/mol. The van der Waals surface area contributed by atoms with Gasteiger partial charge < -0.3 is 28.8 Å². The van der Waals surface area contributed by atoms with Crippen molar-refractivity contribution in [3.8, 4) is 0 Å². The van der Waals surface area contributed by atoms with E-state index in [-0.39, 0.29) is 12.5 Å². The Balaban J connectivity index is 4.60. The van der Waals surface area contributed by atoms with Crippen LogP contribution in [0.5, 0.6) is 0 Å². The number of carbonyl (C=O) groups is 1. The third kappa shape index (κ3) is 36.6. The zero-order chi connectivity index (χ0) is 38.6. The minimum Gasteiger partial charge on any atom is -0.756 e. The van der Waals surface area contributed by atoms with E-state index in [1.807, 2.05) is 27.2 Å². The van der Waals surface area contributed by atoms with Crippen LogP contribution in [0, 0.1) is 0 Å². The molecule has 0 aromatic heterocycles. The first kappa shape index (κ1) is 50.2. The van der Waals surface area contributed by atoms with Gasteiger partial charge in [-0.3, -0.25) is 9.36 Å². The maximum Gasteiger partial charge on any atom is 0.268 e. The lowest BCUT2D eigenvalue weighted by Crippen LogP contribution is -2.45. The van der Waals surface area contributed by atoms with E-state index in [2.05, 4.69) is 67.8 Å². The van der Waals surface area contributed by atoms with Gasteiger partial charge in [-0.2, -0.15) is 0 Å². The average molecular weight is 751 g/mol. The van der Waals surface area contributed by atoms with Crippen LogP contribution in [0.1, 0.15) is 155 Å². The second-order valence-electron chi connectivity index (χ2n) is 15.0. The Bertz CT molecular complexity index is 1030. The maximum atomic E-state index is 12.8. The van der Waals surface area contributed by atoms with E-state index in [0.29, 0.717) is 17.4 Å². The molecule has 0 rings (SSSR count). The Hall–Kier alpha value is -1.80. The van der Waals surface area contributed by atoms with Crippen molar-refractivity contribution < 1.29 is 32.9 Å². The number of nitrogens with one attached hydrogen (secondary N) is 1. The molecule has 0 spiro atoms. The smallest absolute Gasteiger partial charge is 0.268 e. The fraction of sp³-hybridized carbons (Fsp3) is 0.744. The third-order valence-electron chi connectivity index (χ3n) is 8.68. The predicted octanol–water partition coefficient (Wildman–Crippen LogP) is 10.4. The molecule has 1 amide bonds. The Morgan fingerprint density at radius 2 is 1.13 bits per heavy atom. The van der Waals surface area contributed by atoms with Gasteiger partial charge in [0, 0.05) is 6.42 Å². The average Bonchev–Trinajstić information content (AvgIpc) is 3.09. The standard InChI is InChI=1S/C43H79N2O6P/c1-6-8-10-12-14-16-18-20-22-23-25-27-29-31-33-35-37-43(47)44-41(40-51-52(48,49)50-39-38-45(3,4)5)42(46)36-34-32-30-28-26-24-21-19-17-15-13-11-9-7-2/h16-19,22-23,26,28,34,36,41-42,46H,6-15,20-21,24-25,27,29-33,35,37-40H2,1-5H3,(H-,44,47,48,49)/b18-16-,19-17+,23-22-,28-26+,36-34+. The number of nitrogens with zero attached hydrogens (tertiary/aromatic N) is 1. The van der Waals surface area contributed by atoms with Crippen molar-refractivity contribution in [2.24, 2.45) is 0 Å². The molecule has 0 radical (unpaired) electrons. The first-order valence-electron chi connectivity index (χ1n) is 20.7. The van der Waals surface area contributed by atoms with Gasteiger partial charge in [-0.25, -0.2) is 0 Å². The molecule has 52 heavy (non-hydrogen) atoms. The molecule has 9 heteroatoms. The van der Waals surface area contributed by atoms with Crippen molar-refractivity contribution >= 4 is 13.7 Å². The second kappa shape index (κ2) is 34.9. The number of phosphoric acid groups is 1. The van der Waals surface area contributed by atoms with E-state index in [4.69, 9.17) is 9.05 Å². The van der Waals surface area contributed by atoms with Crippen LogP contribution in [0.3, 0.4) is 0 Å². The highest BCUT2D eigenvalue weighted by molar-refractivity contribution is 7.45. The van der Waals surface area contributed by atoms with E-state index in [0.717, 1.165) is 77.0 Å². The Morgan fingerprint density at radius 3 is 1.67 bits per heavy atom. The fourth-order valence-corrected chi connectivity index (χ4v) is 6.05. The summed E-state index contributed by atoms with van der Waals surface area (Å²) < 4.78 is 23.1. The molecule has 2 N–H and O–H groups in total. The molecule has 3 atom stereocenters. The highest BCUT2D eigenvalue weighted by Gasteiger charge is 2.23. The molecule has 0 aliphatic carbocycles. The molecule has 0 aliphatic rings. The number of hydrogen-bond acceptors (Lipinski definition) is 6. The normalized spacial score (nSPS) is 15.1. The molecule has 0 saturated heterocycles. The Labute approximate surface area is 320 Å². The summed E-state index contributed by atoms with van der Waals surface area (Å²) >= 11 is 0. The number of allylic oxidation sites excluding steroid dienone is 9. The minimum absolute atomic E-state index is 0.0144. The zero-order valence-electron chi connectivity index (χ0n) is 34.0. The molecular weight excluding hydrogens is 671 g/mol. The highest BCUT2D eigenvalue weighted by atomic mass is 31.2. The number of phosphoric ester groups is 1. The van der Waals surface area contributed by atoms with Gasteiger partial charge in [0.25, 0.3) is 7.82 Å². The first-order valence-corrected chi connectivity index (χ1v) is 22.1. The number of likely N-dealkylation sites (N-methyl/N-ethyl adjacent to an activating group) is 1. The summed E-state index contributed by atoms with van der Waals surface area (Å²) in [5, 5.41) is 13.7. The van der Waals surface area contributed by atoms with Gasteiger partial charge in [-0.1, -0.05) is 132 Å². The molecule has 0 bridgehead atoms. The number of quaternary nitrogens is 1. The van der Waals surface area contributed by atoms with Gasteiger partial charge >= 0.3 is 0 Å². The van der Waals surface area contributed by atoms with Crippen LogP contribution in [-0.2, 0) is 18.4 Å². The predicted molar refractivity (Wildman–Crippen MR) is 219 cm³/mol. The molecule has 0 fully saturated rings. The highest BCUT2D eigenvalue weighted by Crippen LogP contribution is 2.38. The molecule has 302 valence electrons.